The fraction of sp³-hybridized carbons (Fsp3) is 0.280. The first-order valence-corrected chi connectivity index (χ1v) is 9.88. The second kappa shape index (κ2) is 8.08. The molecule has 2 aromatic rings. The summed E-state index contributed by atoms with van der Waals surface area (Å²) in [6, 6.07) is 17.2. The van der Waals surface area contributed by atoms with Crippen LogP contribution < -0.4 is 0 Å². The third kappa shape index (κ3) is 4.02. The average molecular weight is 388 g/mol. The van der Waals surface area contributed by atoms with E-state index in [9.17, 15) is 9.59 Å². The molecule has 0 radical (unpaired) electrons. The number of rotatable bonds is 6. The molecule has 1 saturated heterocycles. The van der Waals surface area contributed by atoms with Crippen LogP contribution in [0.15, 0.2) is 72.8 Å². The lowest BCUT2D eigenvalue weighted by atomic mass is 9.75. The van der Waals surface area contributed by atoms with Gasteiger partial charge >= 0.3 is 11.9 Å². The lowest BCUT2D eigenvalue weighted by Crippen LogP contribution is -2.31. The van der Waals surface area contributed by atoms with Crippen LogP contribution in [0.25, 0.3) is 6.08 Å². The highest BCUT2D eigenvalue weighted by Crippen LogP contribution is 2.52. The molecule has 0 spiro atoms. The van der Waals surface area contributed by atoms with Crippen LogP contribution in [0.2, 0.25) is 0 Å². The molecule has 1 heterocycles. The van der Waals surface area contributed by atoms with Gasteiger partial charge in [0.05, 0.1) is 17.6 Å². The van der Waals surface area contributed by atoms with Gasteiger partial charge in [-0.15, -0.1) is 0 Å². The lowest BCUT2D eigenvalue weighted by molar-refractivity contribution is -0.146. The minimum Gasteiger partial charge on any atom is -0.465 e. The summed E-state index contributed by atoms with van der Waals surface area (Å²) in [7, 11) is 0. The molecule has 2 unspecified atom stereocenters. The third-order valence-electron chi connectivity index (χ3n) is 5.83. The van der Waals surface area contributed by atoms with Gasteiger partial charge in [0, 0.05) is 5.92 Å². The standard InChI is InChI=1S/C25H24O4/c1-18-14-22-17-29-24(27)25(22,15-18)16-20-9-11-21(12-10-20)23(26)28-13-5-8-19-6-3-2-4-7-19/h2-12,22H,1,13-17H2. The molecule has 1 aliphatic carbocycles. The molecule has 2 aromatic carbocycles. The van der Waals surface area contributed by atoms with Crippen LogP contribution in [0.3, 0.4) is 0 Å². The minimum absolute atomic E-state index is 0.116. The summed E-state index contributed by atoms with van der Waals surface area (Å²) < 4.78 is 10.6. The number of cyclic esters (lactones) is 1. The van der Waals surface area contributed by atoms with Crippen molar-refractivity contribution in [2.45, 2.75) is 19.3 Å². The zero-order valence-corrected chi connectivity index (χ0v) is 16.3. The highest BCUT2D eigenvalue weighted by atomic mass is 16.5. The van der Waals surface area contributed by atoms with Crippen LogP contribution in [-0.2, 0) is 20.7 Å². The van der Waals surface area contributed by atoms with E-state index in [1.54, 1.807) is 12.1 Å². The lowest BCUT2D eigenvalue weighted by Gasteiger charge is -2.24. The second-order valence-corrected chi connectivity index (χ2v) is 7.87. The highest BCUT2D eigenvalue weighted by molar-refractivity contribution is 5.89. The fourth-order valence-corrected chi connectivity index (χ4v) is 4.34. The summed E-state index contributed by atoms with van der Waals surface area (Å²) in [5.74, 6) is -0.266. The largest absolute Gasteiger partial charge is 0.465 e. The Morgan fingerprint density at radius 1 is 1.17 bits per heavy atom. The zero-order valence-electron chi connectivity index (χ0n) is 16.3. The van der Waals surface area contributed by atoms with Gasteiger partial charge < -0.3 is 9.47 Å². The molecular weight excluding hydrogens is 364 g/mol. The van der Waals surface area contributed by atoms with E-state index in [0.717, 1.165) is 23.1 Å². The minimum atomic E-state index is -0.485. The maximum Gasteiger partial charge on any atom is 0.338 e. The van der Waals surface area contributed by atoms with Gasteiger partial charge in [-0.3, -0.25) is 4.79 Å². The number of esters is 2. The van der Waals surface area contributed by atoms with Crippen LogP contribution in [0, 0.1) is 11.3 Å². The van der Waals surface area contributed by atoms with E-state index in [-0.39, 0.29) is 24.5 Å². The van der Waals surface area contributed by atoms with E-state index < -0.39 is 5.41 Å². The van der Waals surface area contributed by atoms with E-state index in [4.69, 9.17) is 9.47 Å². The van der Waals surface area contributed by atoms with Gasteiger partial charge in [-0.05, 0) is 48.6 Å². The van der Waals surface area contributed by atoms with Crippen LogP contribution in [0.1, 0.15) is 34.3 Å². The number of ether oxygens (including phenoxy) is 2. The first-order valence-electron chi connectivity index (χ1n) is 9.88. The van der Waals surface area contributed by atoms with Gasteiger partial charge in [-0.25, -0.2) is 4.79 Å². The topological polar surface area (TPSA) is 52.6 Å². The fourth-order valence-electron chi connectivity index (χ4n) is 4.34. The van der Waals surface area contributed by atoms with E-state index >= 15 is 0 Å². The van der Waals surface area contributed by atoms with E-state index in [0.29, 0.717) is 25.0 Å². The summed E-state index contributed by atoms with van der Waals surface area (Å²) >= 11 is 0. The molecule has 0 amide bonds. The first kappa shape index (κ1) is 19.2. The van der Waals surface area contributed by atoms with Crippen molar-refractivity contribution < 1.29 is 19.1 Å². The predicted octanol–water partition coefficient (Wildman–Crippen LogP) is 4.61. The number of fused-ring (bicyclic) bond motifs is 1. The molecule has 2 atom stereocenters. The smallest absolute Gasteiger partial charge is 0.338 e. The molecule has 4 nitrogen and oxygen atoms in total. The number of benzene rings is 2. The first-order chi connectivity index (χ1) is 14.1. The monoisotopic (exact) mass is 388 g/mol. The zero-order chi connectivity index (χ0) is 20.3. The number of carbonyl (C=O) groups is 2. The third-order valence-corrected chi connectivity index (χ3v) is 5.83. The van der Waals surface area contributed by atoms with Gasteiger partial charge in [0.15, 0.2) is 0 Å². The van der Waals surface area contributed by atoms with Crippen molar-refractivity contribution in [2.24, 2.45) is 11.3 Å². The van der Waals surface area contributed by atoms with Gasteiger partial charge in [0.25, 0.3) is 0 Å². The summed E-state index contributed by atoms with van der Waals surface area (Å²) in [5.41, 5.74) is 3.22. The summed E-state index contributed by atoms with van der Waals surface area (Å²) in [6.45, 7) is 4.78. The molecule has 0 N–H and O–H groups in total. The Morgan fingerprint density at radius 3 is 2.69 bits per heavy atom. The molecular formula is C25H24O4. The van der Waals surface area contributed by atoms with Crippen molar-refractivity contribution >= 4 is 18.0 Å². The van der Waals surface area contributed by atoms with E-state index in [1.807, 2.05) is 54.6 Å². The maximum absolute atomic E-state index is 12.4. The molecule has 148 valence electrons. The molecule has 2 aliphatic rings. The Balaban J connectivity index is 1.35. The molecule has 4 rings (SSSR count). The predicted molar refractivity (Wildman–Crippen MR) is 111 cm³/mol. The molecule has 1 aliphatic heterocycles. The SMILES string of the molecule is C=C1CC2COC(=O)C2(Cc2ccc(C(=O)OCC=Cc3ccccc3)cc2)C1. The molecule has 0 bridgehead atoms. The molecule has 4 heteroatoms. The van der Waals surface area contributed by atoms with E-state index in [2.05, 4.69) is 6.58 Å². The quantitative estimate of drug-likeness (QED) is 0.536. The number of allylic oxidation sites excluding steroid dienone is 1. The van der Waals surface area contributed by atoms with Crippen LogP contribution >= 0.6 is 0 Å². The van der Waals surface area contributed by atoms with Crippen molar-refractivity contribution in [1.29, 1.82) is 0 Å². The van der Waals surface area contributed by atoms with Crippen molar-refractivity contribution in [3.63, 3.8) is 0 Å². The number of hydrogen-bond acceptors (Lipinski definition) is 4. The van der Waals surface area contributed by atoms with Gasteiger partial charge in [0.1, 0.15) is 6.61 Å². The van der Waals surface area contributed by atoms with Crippen LogP contribution in [0.4, 0.5) is 0 Å². The summed E-state index contributed by atoms with van der Waals surface area (Å²) in [4.78, 5) is 24.7. The Morgan fingerprint density at radius 2 is 1.93 bits per heavy atom. The summed E-state index contributed by atoms with van der Waals surface area (Å²) in [5, 5.41) is 0. The van der Waals surface area contributed by atoms with Crippen molar-refractivity contribution in [3.8, 4) is 0 Å². The van der Waals surface area contributed by atoms with Crippen molar-refractivity contribution in [1.82, 2.24) is 0 Å². The Hall–Kier alpha value is -3.14. The molecule has 0 aromatic heterocycles. The highest BCUT2D eigenvalue weighted by Gasteiger charge is 2.55. The van der Waals surface area contributed by atoms with Crippen molar-refractivity contribution in [2.75, 3.05) is 13.2 Å². The van der Waals surface area contributed by atoms with Crippen LogP contribution in [-0.4, -0.2) is 25.2 Å². The summed E-state index contributed by atoms with van der Waals surface area (Å²) in [6.07, 6.45) is 5.90. The van der Waals surface area contributed by atoms with Gasteiger partial charge in [-0.1, -0.05) is 60.7 Å². The van der Waals surface area contributed by atoms with Gasteiger partial charge in [0.2, 0.25) is 0 Å². The van der Waals surface area contributed by atoms with Crippen molar-refractivity contribution in [3.05, 3.63) is 89.5 Å². The Bertz CT molecular complexity index is 943. The second-order valence-electron chi connectivity index (χ2n) is 7.87. The Labute approximate surface area is 170 Å². The Kier molecular flexibility index (Phi) is 5.34. The number of carbonyl (C=O) groups excluding carboxylic acids is 2. The average Bonchev–Trinajstić information content (AvgIpc) is 3.20. The van der Waals surface area contributed by atoms with Crippen LogP contribution in [0.5, 0.6) is 0 Å². The molecule has 29 heavy (non-hydrogen) atoms. The molecule has 2 fully saturated rings. The van der Waals surface area contributed by atoms with Gasteiger partial charge in [-0.2, -0.15) is 0 Å². The normalized spacial score (nSPS) is 23.2. The molecule has 1 saturated carbocycles. The van der Waals surface area contributed by atoms with E-state index in [1.165, 1.54) is 0 Å². The number of hydrogen-bond donors (Lipinski definition) is 0. The maximum atomic E-state index is 12.4.